The van der Waals surface area contributed by atoms with Crippen LogP contribution in [0.25, 0.3) is 0 Å². The second-order valence-electron chi connectivity index (χ2n) is 4.66. The van der Waals surface area contributed by atoms with Crippen molar-refractivity contribution < 1.29 is 8.42 Å². The van der Waals surface area contributed by atoms with E-state index >= 15 is 0 Å². The maximum absolute atomic E-state index is 12.6. The van der Waals surface area contributed by atoms with Gasteiger partial charge in [-0.1, -0.05) is 15.9 Å². The lowest BCUT2D eigenvalue weighted by Crippen LogP contribution is -2.38. The molecule has 1 heterocycles. The fraction of sp³-hybridized carbons (Fsp3) is 0.750. The van der Waals surface area contributed by atoms with E-state index in [2.05, 4.69) is 20.9 Å². The molecule has 19 heavy (non-hydrogen) atoms. The van der Waals surface area contributed by atoms with Gasteiger partial charge in [0.2, 0.25) is 0 Å². The van der Waals surface area contributed by atoms with Crippen LogP contribution in [0.3, 0.4) is 0 Å². The highest BCUT2D eigenvalue weighted by atomic mass is 79.9. The summed E-state index contributed by atoms with van der Waals surface area (Å²) in [4.78, 5) is 4.19. The lowest BCUT2D eigenvalue weighted by atomic mass is 10.4. The van der Waals surface area contributed by atoms with Crippen LogP contribution >= 0.6 is 15.9 Å². The molecular formula is C12H22BrN3O2S. The molecule has 1 aromatic rings. The molecule has 0 amide bonds. The molecule has 0 saturated carbocycles. The fourth-order valence-corrected chi connectivity index (χ4v) is 3.84. The number of aryl methyl sites for hydroxylation is 2. The van der Waals surface area contributed by atoms with Gasteiger partial charge in [-0.15, -0.1) is 0 Å². The number of rotatable bonds is 7. The minimum Gasteiger partial charge on any atom is -0.334 e. The van der Waals surface area contributed by atoms with E-state index in [9.17, 15) is 8.42 Å². The van der Waals surface area contributed by atoms with Crippen molar-refractivity contribution >= 4 is 26.0 Å². The molecule has 0 aliphatic carbocycles. The molecule has 0 spiro atoms. The predicted octanol–water partition coefficient (Wildman–Crippen LogP) is 2.40. The van der Waals surface area contributed by atoms with E-state index in [-0.39, 0.29) is 11.1 Å². The van der Waals surface area contributed by atoms with Crippen molar-refractivity contribution in [3.63, 3.8) is 0 Å². The molecule has 0 fully saturated rings. The first-order chi connectivity index (χ1) is 8.84. The summed E-state index contributed by atoms with van der Waals surface area (Å²) in [5.41, 5.74) is 0. The summed E-state index contributed by atoms with van der Waals surface area (Å²) in [6.07, 6.45) is 2.40. The summed E-state index contributed by atoms with van der Waals surface area (Å²) in [7, 11) is -3.50. The highest BCUT2D eigenvalue weighted by molar-refractivity contribution is 9.09. The number of alkyl halides is 1. The van der Waals surface area contributed by atoms with Crippen LogP contribution in [0.15, 0.2) is 11.2 Å². The molecule has 1 aromatic heterocycles. The predicted molar refractivity (Wildman–Crippen MR) is 80.1 cm³/mol. The average molecular weight is 352 g/mol. The lowest BCUT2D eigenvalue weighted by molar-refractivity contribution is 0.354. The number of sulfonamides is 1. The second-order valence-corrected chi connectivity index (χ2v) is 7.29. The minimum absolute atomic E-state index is 0.0730. The number of nitrogens with zero attached hydrogens (tertiary/aromatic N) is 3. The van der Waals surface area contributed by atoms with Gasteiger partial charge < -0.3 is 4.57 Å². The van der Waals surface area contributed by atoms with Crippen LogP contribution in [0.5, 0.6) is 0 Å². The van der Waals surface area contributed by atoms with Gasteiger partial charge in [0.1, 0.15) is 5.82 Å². The Morgan fingerprint density at radius 3 is 2.53 bits per heavy atom. The number of hydrogen-bond donors (Lipinski definition) is 0. The highest BCUT2D eigenvalue weighted by Gasteiger charge is 2.29. The van der Waals surface area contributed by atoms with E-state index in [1.54, 1.807) is 6.20 Å². The quantitative estimate of drug-likeness (QED) is 0.708. The summed E-state index contributed by atoms with van der Waals surface area (Å²) in [5, 5.41) is 0.934. The molecule has 1 rings (SSSR count). The van der Waals surface area contributed by atoms with Gasteiger partial charge >= 0.3 is 0 Å². The van der Waals surface area contributed by atoms with Gasteiger partial charge in [-0.2, -0.15) is 4.31 Å². The smallest absolute Gasteiger partial charge is 0.262 e. The van der Waals surface area contributed by atoms with Crippen molar-refractivity contribution in [1.29, 1.82) is 0 Å². The van der Waals surface area contributed by atoms with Gasteiger partial charge in [0.25, 0.3) is 10.0 Å². The average Bonchev–Trinajstić information content (AvgIpc) is 2.71. The van der Waals surface area contributed by atoms with Crippen molar-refractivity contribution in [2.75, 3.05) is 11.9 Å². The molecule has 110 valence electrons. The van der Waals surface area contributed by atoms with E-state index < -0.39 is 10.0 Å². The van der Waals surface area contributed by atoms with E-state index in [1.807, 2.05) is 32.3 Å². The van der Waals surface area contributed by atoms with Crippen molar-refractivity contribution in [2.45, 2.75) is 51.7 Å². The first kappa shape index (κ1) is 16.7. The summed E-state index contributed by atoms with van der Waals surface area (Å²) in [6, 6.07) is -0.0730. The number of aromatic nitrogens is 2. The van der Waals surface area contributed by atoms with Crippen LogP contribution < -0.4 is 0 Å². The zero-order valence-electron chi connectivity index (χ0n) is 11.9. The van der Waals surface area contributed by atoms with Gasteiger partial charge in [0, 0.05) is 30.7 Å². The SMILES string of the molecule is CCn1cc(S(=O)(=O)N(CCCBr)C(C)C)nc1C. The number of hydrogen-bond acceptors (Lipinski definition) is 3. The highest BCUT2D eigenvalue weighted by Crippen LogP contribution is 2.18. The van der Waals surface area contributed by atoms with Crippen LogP contribution in [0.4, 0.5) is 0 Å². The topological polar surface area (TPSA) is 55.2 Å². The summed E-state index contributed by atoms with van der Waals surface area (Å²) < 4.78 is 28.5. The maximum Gasteiger partial charge on any atom is 0.262 e. The fourth-order valence-electron chi connectivity index (χ4n) is 1.92. The van der Waals surface area contributed by atoms with Crippen molar-refractivity contribution in [3.05, 3.63) is 12.0 Å². The lowest BCUT2D eigenvalue weighted by Gasteiger charge is -2.24. The monoisotopic (exact) mass is 351 g/mol. The normalized spacial score (nSPS) is 12.6. The summed E-state index contributed by atoms with van der Waals surface area (Å²) >= 11 is 3.34. The van der Waals surface area contributed by atoms with Crippen LogP contribution in [0.1, 0.15) is 33.0 Å². The Morgan fingerprint density at radius 1 is 1.47 bits per heavy atom. The molecule has 0 radical (unpaired) electrons. The first-order valence-electron chi connectivity index (χ1n) is 6.46. The van der Waals surface area contributed by atoms with Gasteiger partial charge in [0.05, 0.1) is 0 Å². The van der Waals surface area contributed by atoms with E-state index in [0.717, 1.165) is 24.1 Å². The van der Waals surface area contributed by atoms with Crippen molar-refractivity contribution in [1.82, 2.24) is 13.9 Å². The Morgan fingerprint density at radius 2 is 2.11 bits per heavy atom. The summed E-state index contributed by atoms with van der Waals surface area (Å²) in [6.45, 7) is 8.78. The minimum atomic E-state index is -3.50. The van der Waals surface area contributed by atoms with E-state index in [4.69, 9.17) is 0 Å². The molecule has 7 heteroatoms. The van der Waals surface area contributed by atoms with Crippen molar-refractivity contribution in [3.8, 4) is 0 Å². The van der Waals surface area contributed by atoms with Gasteiger partial charge in [-0.05, 0) is 34.1 Å². The molecule has 0 unspecified atom stereocenters. The van der Waals surface area contributed by atoms with Gasteiger partial charge in [-0.3, -0.25) is 0 Å². The number of imidazole rings is 1. The van der Waals surface area contributed by atoms with Gasteiger partial charge in [-0.25, -0.2) is 13.4 Å². The van der Waals surface area contributed by atoms with Crippen LogP contribution in [0.2, 0.25) is 0 Å². The Balaban J connectivity index is 3.11. The molecule has 0 bridgehead atoms. The van der Waals surface area contributed by atoms with Crippen molar-refractivity contribution in [2.24, 2.45) is 0 Å². The zero-order chi connectivity index (χ0) is 14.6. The third-order valence-electron chi connectivity index (χ3n) is 2.96. The number of halogens is 1. The zero-order valence-corrected chi connectivity index (χ0v) is 14.3. The molecule has 5 nitrogen and oxygen atoms in total. The molecule has 0 aliphatic heterocycles. The maximum atomic E-state index is 12.6. The first-order valence-corrected chi connectivity index (χ1v) is 9.02. The summed E-state index contributed by atoms with van der Waals surface area (Å²) in [5.74, 6) is 0.727. The molecular weight excluding hydrogens is 330 g/mol. The standard InChI is InChI=1S/C12H22BrN3O2S/c1-5-15-9-12(14-11(15)4)19(17,18)16(10(2)3)8-6-7-13/h9-10H,5-8H2,1-4H3. The largest absolute Gasteiger partial charge is 0.334 e. The molecule has 0 atom stereocenters. The molecule has 0 N–H and O–H groups in total. The second kappa shape index (κ2) is 6.85. The van der Waals surface area contributed by atoms with E-state index in [0.29, 0.717) is 6.54 Å². The third kappa shape index (κ3) is 3.79. The Kier molecular flexibility index (Phi) is 6.01. The Hall–Kier alpha value is -0.400. The third-order valence-corrected chi connectivity index (χ3v) is 5.46. The van der Waals surface area contributed by atoms with Crippen LogP contribution in [-0.2, 0) is 16.6 Å². The van der Waals surface area contributed by atoms with Crippen LogP contribution in [-0.4, -0.2) is 40.2 Å². The molecule has 0 aliphatic rings. The molecule has 0 aromatic carbocycles. The molecule has 0 saturated heterocycles. The van der Waals surface area contributed by atoms with Gasteiger partial charge in [0.15, 0.2) is 5.03 Å². The van der Waals surface area contributed by atoms with E-state index in [1.165, 1.54) is 4.31 Å². The Bertz CT molecular complexity index is 511. The Labute approximate surface area is 124 Å². The van der Waals surface area contributed by atoms with Crippen LogP contribution in [0, 0.1) is 6.92 Å².